The normalized spacial score (nSPS) is 19.6. The molecule has 0 aromatic heterocycles. The molecule has 4 rings (SSSR count). The number of carbonyl (C=O) groups is 3. The molecule has 0 spiro atoms. The summed E-state index contributed by atoms with van der Waals surface area (Å²) in [7, 11) is 1.91. The fourth-order valence-electron chi connectivity index (χ4n) is 3.99. The van der Waals surface area contributed by atoms with E-state index in [1.165, 1.54) is 6.07 Å². The Kier molecular flexibility index (Phi) is 5.15. The Morgan fingerprint density at radius 1 is 1.00 bits per heavy atom. The van der Waals surface area contributed by atoms with Gasteiger partial charge in [0.25, 0.3) is 11.8 Å². The zero-order valence-electron chi connectivity index (χ0n) is 16.2. The van der Waals surface area contributed by atoms with E-state index >= 15 is 0 Å². The first kappa shape index (κ1) is 19.3. The number of fused-ring (bicyclic) bond motifs is 1. The van der Waals surface area contributed by atoms with Gasteiger partial charge in [-0.2, -0.15) is 0 Å². The van der Waals surface area contributed by atoms with Crippen molar-refractivity contribution in [2.24, 2.45) is 0 Å². The first-order valence-corrected chi connectivity index (χ1v) is 9.65. The number of benzene rings is 2. The van der Waals surface area contributed by atoms with Crippen LogP contribution in [0.4, 0.5) is 4.39 Å². The molecule has 2 aromatic carbocycles. The average Bonchev–Trinajstić information content (AvgIpc) is 2.97. The van der Waals surface area contributed by atoms with Crippen molar-refractivity contribution in [3.63, 3.8) is 0 Å². The highest BCUT2D eigenvalue weighted by molar-refractivity contribution is 6.21. The smallest absolute Gasteiger partial charge is 0.261 e. The van der Waals surface area contributed by atoms with Crippen molar-refractivity contribution in [1.29, 1.82) is 0 Å². The number of rotatable bonds is 4. The van der Waals surface area contributed by atoms with Crippen molar-refractivity contribution in [2.45, 2.75) is 12.5 Å². The highest BCUT2D eigenvalue weighted by atomic mass is 19.1. The molecule has 2 heterocycles. The van der Waals surface area contributed by atoms with E-state index in [1.54, 1.807) is 47.4 Å². The van der Waals surface area contributed by atoms with Crippen LogP contribution in [0.1, 0.15) is 38.7 Å². The van der Waals surface area contributed by atoms with Crippen LogP contribution in [-0.4, -0.2) is 65.6 Å². The molecule has 3 amide bonds. The molecular formula is C22H22FN3O3. The van der Waals surface area contributed by atoms with Gasteiger partial charge in [-0.25, -0.2) is 4.39 Å². The summed E-state index contributed by atoms with van der Waals surface area (Å²) in [6, 6.07) is 13.0. The summed E-state index contributed by atoms with van der Waals surface area (Å²) in [5.74, 6) is -1.15. The number of piperazine rings is 1. The second-order valence-electron chi connectivity index (χ2n) is 7.42. The molecular weight excluding hydrogens is 373 g/mol. The van der Waals surface area contributed by atoms with Gasteiger partial charge in [0.2, 0.25) is 5.91 Å². The van der Waals surface area contributed by atoms with E-state index in [0.717, 1.165) is 4.90 Å². The molecule has 2 aliphatic heterocycles. The maximum Gasteiger partial charge on any atom is 0.261 e. The first-order valence-electron chi connectivity index (χ1n) is 9.65. The van der Waals surface area contributed by atoms with Crippen molar-refractivity contribution in [3.8, 4) is 0 Å². The van der Waals surface area contributed by atoms with Gasteiger partial charge in [0.1, 0.15) is 5.82 Å². The highest BCUT2D eigenvalue weighted by Crippen LogP contribution is 2.27. The van der Waals surface area contributed by atoms with E-state index in [0.29, 0.717) is 36.3 Å². The van der Waals surface area contributed by atoms with Gasteiger partial charge < -0.3 is 4.90 Å². The van der Waals surface area contributed by atoms with E-state index in [-0.39, 0.29) is 42.5 Å². The van der Waals surface area contributed by atoms with Crippen LogP contribution in [0.15, 0.2) is 48.5 Å². The van der Waals surface area contributed by atoms with Crippen LogP contribution in [0.3, 0.4) is 0 Å². The monoisotopic (exact) mass is 395 g/mol. The lowest BCUT2D eigenvalue weighted by Gasteiger charge is -2.40. The number of halogens is 1. The summed E-state index contributed by atoms with van der Waals surface area (Å²) in [5.41, 5.74) is 1.32. The summed E-state index contributed by atoms with van der Waals surface area (Å²) >= 11 is 0. The van der Waals surface area contributed by atoms with Crippen molar-refractivity contribution < 1.29 is 18.8 Å². The molecule has 0 bridgehead atoms. The van der Waals surface area contributed by atoms with Crippen LogP contribution in [-0.2, 0) is 4.79 Å². The molecule has 2 aromatic rings. The predicted molar refractivity (Wildman–Crippen MR) is 105 cm³/mol. The third kappa shape index (κ3) is 3.53. The van der Waals surface area contributed by atoms with Crippen molar-refractivity contribution in [2.75, 3.05) is 33.2 Å². The quantitative estimate of drug-likeness (QED) is 0.746. The Balaban J connectivity index is 1.41. The fourth-order valence-corrected chi connectivity index (χ4v) is 3.99. The van der Waals surface area contributed by atoms with Crippen LogP contribution in [0.2, 0.25) is 0 Å². The number of imide groups is 1. The zero-order chi connectivity index (χ0) is 20.5. The lowest BCUT2D eigenvalue weighted by Crippen LogP contribution is -2.49. The molecule has 0 aliphatic carbocycles. The summed E-state index contributed by atoms with van der Waals surface area (Å²) in [6.45, 7) is 1.57. The third-order valence-electron chi connectivity index (χ3n) is 5.69. The summed E-state index contributed by atoms with van der Waals surface area (Å²) in [5, 5.41) is 0. The average molecular weight is 395 g/mol. The van der Waals surface area contributed by atoms with Gasteiger partial charge in [-0.1, -0.05) is 30.3 Å². The Morgan fingerprint density at radius 2 is 1.62 bits per heavy atom. The van der Waals surface area contributed by atoms with E-state index < -0.39 is 0 Å². The number of carbonyl (C=O) groups excluding carboxylic acids is 3. The fraction of sp³-hybridized carbons (Fsp3) is 0.318. The minimum Gasteiger partial charge on any atom is -0.339 e. The van der Waals surface area contributed by atoms with Gasteiger partial charge in [0.05, 0.1) is 17.2 Å². The van der Waals surface area contributed by atoms with Gasteiger partial charge in [-0.3, -0.25) is 24.2 Å². The van der Waals surface area contributed by atoms with Crippen LogP contribution < -0.4 is 0 Å². The van der Waals surface area contributed by atoms with Crippen LogP contribution >= 0.6 is 0 Å². The van der Waals surface area contributed by atoms with Crippen molar-refractivity contribution in [1.82, 2.24) is 14.7 Å². The minimum atomic E-state index is -0.360. The first-order chi connectivity index (χ1) is 14.0. The van der Waals surface area contributed by atoms with Crippen molar-refractivity contribution in [3.05, 3.63) is 71.0 Å². The molecule has 1 unspecified atom stereocenters. The topological polar surface area (TPSA) is 60.9 Å². The predicted octanol–water partition coefficient (Wildman–Crippen LogP) is 2.33. The Bertz CT molecular complexity index is 942. The zero-order valence-corrected chi connectivity index (χ0v) is 16.2. The molecule has 0 radical (unpaired) electrons. The standard InChI is InChI=1S/C22H22FN3O3/c1-24-12-13-25(14-19(24)17-8-4-5-9-18(17)23)20(27)10-11-26-21(28)15-6-2-3-7-16(15)22(26)29/h2-9,19H,10-14H2,1H3. The van der Waals surface area contributed by atoms with Gasteiger partial charge in [0, 0.05) is 38.2 Å². The van der Waals surface area contributed by atoms with Crippen molar-refractivity contribution >= 4 is 17.7 Å². The summed E-state index contributed by atoms with van der Waals surface area (Å²) in [4.78, 5) is 42.5. The van der Waals surface area contributed by atoms with E-state index in [9.17, 15) is 18.8 Å². The number of likely N-dealkylation sites (N-methyl/N-ethyl adjacent to an activating group) is 1. The second-order valence-corrected chi connectivity index (χ2v) is 7.42. The molecule has 7 heteroatoms. The summed E-state index contributed by atoms with van der Waals surface area (Å²) < 4.78 is 14.2. The number of nitrogens with zero attached hydrogens (tertiary/aromatic N) is 3. The largest absolute Gasteiger partial charge is 0.339 e. The SMILES string of the molecule is CN1CCN(C(=O)CCN2C(=O)c3ccccc3C2=O)CC1c1ccccc1F. The summed E-state index contributed by atoms with van der Waals surface area (Å²) in [6.07, 6.45) is 0.0547. The van der Waals surface area contributed by atoms with Gasteiger partial charge in [-0.15, -0.1) is 0 Å². The van der Waals surface area contributed by atoms with Crippen LogP contribution in [0.25, 0.3) is 0 Å². The second kappa shape index (κ2) is 7.75. The molecule has 29 heavy (non-hydrogen) atoms. The Hall–Kier alpha value is -3.06. The molecule has 1 saturated heterocycles. The molecule has 150 valence electrons. The van der Waals surface area contributed by atoms with Crippen LogP contribution in [0, 0.1) is 5.82 Å². The van der Waals surface area contributed by atoms with E-state index in [2.05, 4.69) is 0 Å². The van der Waals surface area contributed by atoms with Gasteiger partial charge in [0.15, 0.2) is 0 Å². The minimum absolute atomic E-state index is 0.0435. The van der Waals surface area contributed by atoms with E-state index in [1.807, 2.05) is 11.9 Å². The molecule has 1 atom stereocenters. The van der Waals surface area contributed by atoms with Crippen LogP contribution in [0.5, 0.6) is 0 Å². The number of hydrogen-bond acceptors (Lipinski definition) is 4. The molecule has 6 nitrogen and oxygen atoms in total. The lowest BCUT2D eigenvalue weighted by atomic mass is 10.0. The molecule has 0 N–H and O–H groups in total. The molecule has 0 saturated carbocycles. The Labute approximate surface area is 168 Å². The maximum absolute atomic E-state index is 14.2. The third-order valence-corrected chi connectivity index (χ3v) is 5.69. The number of hydrogen-bond donors (Lipinski definition) is 0. The van der Waals surface area contributed by atoms with E-state index in [4.69, 9.17) is 0 Å². The van der Waals surface area contributed by atoms with Gasteiger partial charge in [-0.05, 0) is 25.2 Å². The lowest BCUT2D eigenvalue weighted by molar-refractivity contribution is -0.134. The maximum atomic E-state index is 14.2. The molecule has 1 fully saturated rings. The number of amides is 3. The Morgan fingerprint density at radius 3 is 2.28 bits per heavy atom. The van der Waals surface area contributed by atoms with Gasteiger partial charge >= 0.3 is 0 Å². The molecule has 2 aliphatic rings. The highest BCUT2D eigenvalue weighted by Gasteiger charge is 2.36.